The van der Waals surface area contributed by atoms with Gasteiger partial charge in [-0.15, -0.1) is 11.3 Å². The third kappa shape index (κ3) is 6.15. The number of benzene rings is 2. The van der Waals surface area contributed by atoms with E-state index in [0.29, 0.717) is 33.2 Å². The van der Waals surface area contributed by atoms with Gasteiger partial charge in [0, 0.05) is 4.88 Å². The number of methoxy groups -OCH3 is 1. The molecule has 0 atom stereocenters. The number of fused-ring (bicyclic) bond motifs is 1. The van der Waals surface area contributed by atoms with Gasteiger partial charge in [0.15, 0.2) is 0 Å². The van der Waals surface area contributed by atoms with Crippen molar-refractivity contribution < 1.29 is 28.7 Å². The normalized spacial score (nSPS) is 12.8. The Balaban J connectivity index is 1.37. The molecule has 196 valence electrons. The molecule has 2 amide bonds. The van der Waals surface area contributed by atoms with Gasteiger partial charge < -0.3 is 14.8 Å². The van der Waals surface area contributed by atoms with Gasteiger partial charge in [-0.3, -0.25) is 9.59 Å². The summed E-state index contributed by atoms with van der Waals surface area (Å²) in [6.45, 7) is 3.59. The highest BCUT2D eigenvalue weighted by Gasteiger charge is 2.28. The van der Waals surface area contributed by atoms with Crippen molar-refractivity contribution in [3.63, 3.8) is 0 Å². The third-order valence-electron chi connectivity index (χ3n) is 6.09. The number of carbonyl (C=O) groups is 4. The van der Waals surface area contributed by atoms with Crippen LogP contribution in [0.15, 0.2) is 53.6 Å². The van der Waals surface area contributed by atoms with Gasteiger partial charge in [0.25, 0.3) is 0 Å². The molecule has 0 unspecified atom stereocenters. The molecule has 1 aliphatic carbocycles. The zero-order valence-electron chi connectivity index (χ0n) is 21.3. The molecule has 0 spiro atoms. The summed E-state index contributed by atoms with van der Waals surface area (Å²) in [4.78, 5) is 50.6. The standard InChI is InChI=1S/C28H27N3O6S/c1-16-8-10-19(11-9-16)27(34)37-20-14-12-18(13-15-20)17(2)30-31-25(33)24(32)29-26-23(28(35)36-3)21-6-4-5-7-22(21)38-26/h8-15H,4-7H2,1-3H3,(H,29,32)(H,31,33). The lowest BCUT2D eigenvalue weighted by Crippen LogP contribution is -2.33. The Morgan fingerprint density at radius 2 is 1.53 bits per heavy atom. The van der Waals surface area contributed by atoms with Crippen LogP contribution in [0.3, 0.4) is 0 Å². The van der Waals surface area contributed by atoms with Crippen LogP contribution in [-0.4, -0.2) is 36.6 Å². The molecule has 3 aromatic rings. The highest BCUT2D eigenvalue weighted by atomic mass is 32.1. The molecule has 0 radical (unpaired) electrons. The van der Waals surface area contributed by atoms with Gasteiger partial charge in [-0.2, -0.15) is 5.10 Å². The van der Waals surface area contributed by atoms with E-state index in [2.05, 4.69) is 15.8 Å². The molecular weight excluding hydrogens is 506 g/mol. The molecule has 10 heteroatoms. The molecule has 0 aliphatic heterocycles. The number of thiophene rings is 1. The maximum atomic E-state index is 12.5. The minimum atomic E-state index is -0.977. The quantitative estimate of drug-likeness (QED) is 0.159. The lowest BCUT2D eigenvalue weighted by molar-refractivity contribution is -0.136. The van der Waals surface area contributed by atoms with E-state index in [-0.39, 0.29) is 0 Å². The lowest BCUT2D eigenvalue weighted by Gasteiger charge is -2.11. The molecule has 0 fully saturated rings. The third-order valence-corrected chi connectivity index (χ3v) is 7.30. The van der Waals surface area contributed by atoms with E-state index in [9.17, 15) is 19.2 Å². The summed E-state index contributed by atoms with van der Waals surface area (Å²) in [5.41, 5.74) is 6.01. The SMILES string of the molecule is COC(=O)c1c(NC(=O)C(=O)NN=C(C)c2ccc(OC(=O)c3ccc(C)cc3)cc2)sc2c1CCCC2. The number of hydrogen-bond donors (Lipinski definition) is 2. The van der Waals surface area contributed by atoms with Crippen LogP contribution in [0.4, 0.5) is 5.00 Å². The lowest BCUT2D eigenvalue weighted by atomic mass is 9.95. The average Bonchev–Trinajstić information content (AvgIpc) is 3.29. The summed E-state index contributed by atoms with van der Waals surface area (Å²) in [6, 6.07) is 13.7. The van der Waals surface area contributed by atoms with Gasteiger partial charge in [-0.1, -0.05) is 17.7 Å². The Hall–Kier alpha value is -4.31. The van der Waals surface area contributed by atoms with Crippen molar-refractivity contribution in [2.75, 3.05) is 12.4 Å². The van der Waals surface area contributed by atoms with Crippen molar-refractivity contribution in [2.24, 2.45) is 5.10 Å². The second-order valence-electron chi connectivity index (χ2n) is 8.78. The van der Waals surface area contributed by atoms with Crippen LogP contribution in [0.5, 0.6) is 5.75 Å². The maximum Gasteiger partial charge on any atom is 0.343 e. The Bertz CT molecular complexity index is 1410. The molecular formula is C28H27N3O6S. The fourth-order valence-electron chi connectivity index (χ4n) is 4.00. The molecule has 0 saturated heterocycles. The summed E-state index contributed by atoms with van der Waals surface area (Å²) < 4.78 is 10.3. The van der Waals surface area contributed by atoms with Gasteiger partial charge in [-0.25, -0.2) is 15.0 Å². The largest absolute Gasteiger partial charge is 0.465 e. The van der Waals surface area contributed by atoms with Gasteiger partial charge in [0.2, 0.25) is 0 Å². The van der Waals surface area contributed by atoms with Crippen LogP contribution >= 0.6 is 11.3 Å². The predicted octanol–water partition coefficient (Wildman–Crippen LogP) is 4.42. The summed E-state index contributed by atoms with van der Waals surface area (Å²) in [7, 11) is 1.28. The summed E-state index contributed by atoms with van der Waals surface area (Å²) in [5, 5.41) is 6.85. The van der Waals surface area contributed by atoms with E-state index in [1.54, 1.807) is 43.3 Å². The van der Waals surface area contributed by atoms with Gasteiger partial charge >= 0.3 is 23.8 Å². The minimum absolute atomic E-state index is 0.306. The van der Waals surface area contributed by atoms with Gasteiger partial charge in [-0.05, 0) is 87.1 Å². The Morgan fingerprint density at radius 3 is 2.21 bits per heavy atom. The summed E-state index contributed by atoms with van der Waals surface area (Å²) >= 11 is 1.29. The number of anilines is 1. The molecule has 2 N–H and O–H groups in total. The van der Waals surface area contributed by atoms with Crippen molar-refractivity contribution in [3.8, 4) is 5.75 Å². The van der Waals surface area contributed by atoms with E-state index in [0.717, 1.165) is 41.7 Å². The van der Waals surface area contributed by atoms with E-state index < -0.39 is 23.8 Å². The maximum absolute atomic E-state index is 12.5. The second kappa shape index (κ2) is 11.8. The van der Waals surface area contributed by atoms with Crippen LogP contribution in [0.1, 0.15) is 62.0 Å². The van der Waals surface area contributed by atoms with E-state index in [1.165, 1.54) is 18.4 Å². The molecule has 1 aliphatic rings. The number of carbonyl (C=O) groups excluding carboxylic acids is 4. The van der Waals surface area contributed by atoms with Crippen molar-refractivity contribution >= 4 is 45.8 Å². The molecule has 38 heavy (non-hydrogen) atoms. The van der Waals surface area contributed by atoms with Crippen LogP contribution < -0.4 is 15.5 Å². The Labute approximate surface area is 223 Å². The summed E-state index contributed by atoms with van der Waals surface area (Å²) in [6.07, 6.45) is 3.50. The number of amides is 2. The van der Waals surface area contributed by atoms with Crippen molar-refractivity contribution in [1.82, 2.24) is 5.43 Å². The number of esters is 2. The number of nitrogens with one attached hydrogen (secondary N) is 2. The number of nitrogens with zero attached hydrogens (tertiary/aromatic N) is 1. The number of ether oxygens (including phenoxy) is 2. The van der Waals surface area contributed by atoms with Crippen LogP contribution in [0.2, 0.25) is 0 Å². The zero-order valence-corrected chi connectivity index (χ0v) is 22.1. The molecule has 1 aromatic heterocycles. The average molecular weight is 534 g/mol. The second-order valence-corrected chi connectivity index (χ2v) is 9.88. The first-order chi connectivity index (χ1) is 18.3. The number of hydrazone groups is 1. The first-order valence-electron chi connectivity index (χ1n) is 12.0. The Morgan fingerprint density at radius 1 is 0.868 bits per heavy atom. The smallest absolute Gasteiger partial charge is 0.343 e. The molecule has 9 nitrogen and oxygen atoms in total. The van der Waals surface area contributed by atoms with Crippen LogP contribution in [-0.2, 0) is 27.2 Å². The highest BCUT2D eigenvalue weighted by molar-refractivity contribution is 7.17. The van der Waals surface area contributed by atoms with Gasteiger partial charge in [0.05, 0.1) is 23.9 Å². The number of aryl methyl sites for hydroxylation is 2. The zero-order chi connectivity index (χ0) is 27.2. The Kier molecular flexibility index (Phi) is 8.32. The van der Waals surface area contributed by atoms with E-state index in [1.807, 2.05) is 19.1 Å². The fraction of sp³-hybridized carbons (Fsp3) is 0.250. The first-order valence-corrected chi connectivity index (χ1v) is 12.9. The van der Waals surface area contributed by atoms with Crippen molar-refractivity contribution in [3.05, 3.63) is 81.2 Å². The van der Waals surface area contributed by atoms with E-state index in [4.69, 9.17) is 9.47 Å². The first kappa shape index (κ1) is 26.7. The molecule has 4 rings (SSSR count). The molecule has 0 saturated carbocycles. The fourth-order valence-corrected chi connectivity index (χ4v) is 5.27. The van der Waals surface area contributed by atoms with E-state index >= 15 is 0 Å². The predicted molar refractivity (Wildman–Crippen MR) is 144 cm³/mol. The minimum Gasteiger partial charge on any atom is -0.465 e. The highest BCUT2D eigenvalue weighted by Crippen LogP contribution is 2.38. The topological polar surface area (TPSA) is 123 Å². The van der Waals surface area contributed by atoms with Crippen LogP contribution in [0, 0.1) is 6.92 Å². The molecule has 0 bridgehead atoms. The monoisotopic (exact) mass is 533 g/mol. The van der Waals surface area contributed by atoms with Gasteiger partial charge in [0.1, 0.15) is 10.8 Å². The number of hydrogen-bond acceptors (Lipinski definition) is 8. The van der Waals surface area contributed by atoms with Crippen molar-refractivity contribution in [1.29, 1.82) is 0 Å². The number of rotatable bonds is 6. The molecule has 1 heterocycles. The molecule has 2 aromatic carbocycles. The summed E-state index contributed by atoms with van der Waals surface area (Å²) in [5.74, 6) is -2.57. The van der Waals surface area contributed by atoms with Crippen molar-refractivity contribution in [2.45, 2.75) is 39.5 Å². The van der Waals surface area contributed by atoms with Crippen LogP contribution in [0.25, 0.3) is 0 Å².